The minimum Gasteiger partial charge on any atom is -0.285 e. The van der Waals surface area contributed by atoms with Crippen molar-refractivity contribution in [3.63, 3.8) is 0 Å². The molecule has 1 aromatic rings. The maximum absolute atomic E-state index is 4.47. The van der Waals surface area contributed by atoms with Crippen LogP contribution in [0.1, 0.15) is 12.5 Å². The Bertz CT molecular complexity index is 255. The molecular weight excluding hydrogens is 134 g/mol. The number of hydrogen-bond acceptors (Lipinski definition) is 0. The molecule has 0 saturated heterocycles. The van der Waals surface area contributed by atoms with Crippen molar-refractivity contribution in [2.24, 2.45) is 5.92 Å². The summed E-state index contributed by atoms with van der Waals surface area (Å²) in [5.41, 5.74) is 2.61. The lowest BCUT2D eigenvalue weighted by molar-refractivity contribution is 0.525. The average Bonchev–Trinajstić information content (AvgIpc) is 2.04. The van der Waals surface area contributed by atoms with Crippen LogP contribution in [0.15, 0.2) is 24.3 Å². The van der Waals surface area contributed by atoms with Gasteiger partial charge in [-0.05, 0) is 24.0 Å². The van der Waals surface area contributed by atoms with E-state index in [2.05, 4.69) is 36.5 Å². The van der Waals surface area contributed by atoms with Gasteiger partial charge in [-0.3, -0.25) is 5.32 Å². The molecule has 1 aliphatic heterocycles. The quantitative estimate of drug-likeness (QED) is 0.532. The van der Waals surface area contributed by atoms with E-state index in [-0.39, 0.29) is 0 Å². The van der Waals surface area contributed by atoms with Crippen molar-refractivity contribution in [3.05, 3.63) is 29.8 Å². The predicted molar refractivity (Wildman–Crippen MR) is 46.0 cm³/mol. The third kappa shape index (κ3) is 1.23. The molecule has 0 saturated carbocycles. The van der Waals surface area contributed by atoms with E-state index >= 15 is 0 Å². The molecule has 1 aromatic carbocycles. The zero-order valence-corrected chi connectivity index (χ0v) is 6.75. The first-order valence-electron chi connectivity index (χ1n) is 4.11. The largest absolute Gasteiger partial charge is 0.285 e. The van der Waals surface area contributed by atoms with E-state index in [1.54, 1.807) is 0 Å². The smallest absolute Gasteiger partial charge is 0.0606 e. The van der Waals surface area contributed by atoms with E-state index in [9.17, 15) is 0 Å². The zero-order chi connectivity index (χ0) is 7.68. The van der Waals surface area contributed by atoms with Gasteiger partial charge >= 0.3 is 0 Å². The molecule has 0 fully saturated rings. The van der Waals surface area contributed by atoms with Gasteiger partial charge in [0.1, 0.15) is 0 Å². The van der Waals surface area contributed by atoms with Gasteiger partial charge in [0.15, 0.2) is 0 Å². The summed E-state index contributed by atoms with van der Waals surface area (Å²) in [4.78, 5) is 0. The van der Waals surface area contributed by atoms with Gasteiger partial charge in [-0.1, -0.05) is 25.1 Å². The van der Waals surface area contributed by atoms with Crippen LogP contribution in [-0.2, 0) is 6.42 Å². The van der Waals surface area contributed by atoms with Crippen LogP contribution in [0.25, 0.3) is 0 Å². The van der Waals surface area contributed by atoms with Crippen LogP contribution in [0.2, 0.25) is 0 Å². The van der Waals surface area contributed by atoms with Crippen LogP contribution >= 0.6 is 0 Å². The molecule has 1 atom stereocenters. The first-order valence-corrected chi connectivity index (χ1v) is 4.11. The summed E-state index contributed by atoms with van der Waals surface area (Å²) < 4.78 is 0. The van der Waals surface area contributed by atoms with E-state index in [4.69, 9.17) is 0 Å². The standard InChI is InChI=1S/C10H12N/c1-8-6-9-4-2-3-5-10(9)11-7-8/h2-5,8H,6-7H2,1H3. The molecule has 1 aliphatic rings. The number of benzene rings is 1. The van der Waals surface area contributed by atoms with E-state index in [1.807, 2.05) is 0 Å². The molecule has 0 amide bonds. The Hall–Kier alpha value is -0.980. The Morgan fingerprint density at radius 2 is 2.18 bits per heavy atom. The second-order valence-electron chi connectivity index (χ2n) is 3.28. The highest BCUT2D eigenvalue weighted by atomic mass is 14.9. The molecule has 0 aromatic heterocycles. The van der Waals surface area contributed by atoms with Crippen LogP contribution in [0.5, 0.6) is 0 Å². The van der Waals surface area contributed by atoms with E-state index < -0.39 is 0 Å². The molecule has 0 bridgehead atoms. The minimum atomic E-state index is 0.727. The summed E-state index contributed by atoms with van der Waals surface area (Å²) in [6, 6.07) is 8.42. The van der Waals surface area contributed by atoms with Crippen molar-refractivity contribution in [3.8, 4) is 0 Å². The molecule has 1 heterocycles. The van der Waals surface area contributed by atoms with Crippen LogP contribution in [0.3, 0.4) is 0 Å². The second kappa shape index (κ2) is 2.57. The van der Waals surface area contributed by atoms with E-state index in [1.165, 1.54) is 17.7 Å². The summed E-state index contributed by atoms with van der Waals surface area (Å²) in [6.07, 6.45) is 1.19. The van der Waals surface area contributed by atoms with Gasteiger partial charge in [0, 0.05) is 6.54 Å². The first-order chi connectivity index (χ1) is 5.36. The molecule has 1 unspecified atom stereocenters. The average molecular weight is 146 g/mol. The fourth-order valence-corrected chi connectivity index (χ4v) is 1.53. The fraction of sp³-hybridized carbons (Fsp3) is 0.400. The van der Waals surface area contributed by atoms with Crippen molar-refractivity contribution >= 4 is 5.69 Å². The number of hydrogen-bond donors (Lipinski definition) is 0. The Kier molecular flexibility index (Phi) is 1.57. The molecule has 57 valence electrons. The molecule has 11 heavy (non-hydrogen) atoms. The highest BCUT2D eigenvalue weighted by Gasteiger charge is 2.13. The number of nitrogens with zero attached hydrogens (tertiary/aromatic N) is 1. The second-order valence-corrected chi connectivity index (χ2v) is 3.28. The third-order valence-corrected chi connectivity index (χ3v) is 2.13. The topological polar surface area (TPSA) is 14.1 Å². The first kappa shape index (κ1) is 6.71. The van der Waals surface area contributed by atoms with Gasteiger partial charge < -0.3 is 0 Å². The maximum atomic E-state index is 4.47. The monoisotopic (exact) mass is 146 g/mol. The number of para-hydroxylation sites is 1. The molecule has 2 rings (SSSR count). The van der Waals surface area contributed by atoms with Crippen molar-refractivity contribution in [1.29, 1.82) is 0 Å². The van der Waals surface area contributed by atoms with Crippen LogP contribution in [-0.4, -0.2) is 6.54 Å². The van der Waals surface area contributed by atoms with E-state index in [0.717, 1.165) is 12.5 Å². The summed E-state index contributed by atoms with van der Waals surface area (Å²) >= 11 is 0. The lowest BCUT2D eigenvalue weighted by Gasteiger charge is -2.20. The Morgan fingerprint density at radius 3 is 3.09 bits per heavy atom. The van der Waals surface area contributed by atoms with Gasteiger partial charge in [0.05, 0.1) is 5.69 Å². The lowest BCUT2D eigenvalue weighted by Crippen LogP contribution is -2.19. The van der Waals surface area contributed by atoms with Crippen LogP contribution in [0, 0.1) is 5.92 Å². The summed E-state index contributed by atoms with van der Waals surface area (Å²) in [5.74, 6) is 0.727. The van der Waals surface area contributed by atoms with Gasteiger partial charge in [0.2, 0.25) is 0 Å². The predicted octanol–water partition coefficient (Wildman–Crippen LogP) is 2.11. The highest BCUT2D eigenvalue weighted by Crippen LogP contribution is 2.23. The molecular formula is C10H12N. The maximum Gasteiger partial charge on any atom is 0.0606 e. The van der Waals surface area contributed by atoms with Crippen molar-refractivity contribution in [2.45, 2.75) is 13.3 Å². The third-order valence-electron chi connectivity index (χ3n) is 2.13. The molecule has 0 aliphatic carbocycles. The Balaban J connectivity index is 2.34. The van der Waals surface area contributed by atoms with Gasteiger partial charge in [-0.15, -0.1) is 0 Å². The SMILES string of the molecule is CC1C[N]c2ccccc2C1. The molecule has 0 N–H and O–H groups in total. The van der Waals surface area contributed by atoms with Crippen molar-refractivity contribution < 1.29 is 0 Å². The summed E-state index contributed by atoms with van der Waals surface area (Å²) in [7, 11) is 0. The molecule has 1 nitrogen and oxygen atoms in total. The van der Waals surface area contributed by atoms with E-state index in [0.29, 0.717) is 0 Å². The van der Waals surface area contributed by atoms with Crippen molar-refractivity contribution in [1.82, 2.24) is 5.32 Å². The van der Waals surface area contributed by atoms with Crippen LogP contribution < -0.4 is 5.32 Å². The highest BCUT2D eigenvalue weighted by molar-refractivity contribution is 5.46. The summed E-state index contributed by atoms with van der Waals surface area (Å²) in [6.45, 7) is 3.25. The number of fused-ring (bicyclic) bond motifs is 1. The van der Waals surface area contributed by atoms with Gasteiger partial charge in [-0.25, -0.2) is 0 Å². The minimum absolute atomic E-state index is 0.727. The normalized spacial score (nSPS) is 22.1. The molecule has 0 spiro atoms. The molecule has 1 radical (unpaired) electrons. The lowest BCUT2D eigenvalue weighted by atomic mass is 9.96. The number of rotatable bonds is 0. The molecule has 1 heteroatoms. The van der Waals surface area contributed by atoms with Gasteiger partial charge in [-0.2, -0.15) is 0 Å². The Morgan fingerprint density at radius 1 is 1.36 bits per heavy atom. The van der Waals surface area contributed by atoms with Crippen molar-refractivity contribution in [2.75, 3.05) is 6.54 Å². The Labute approximate surface area is 67.4 Å². The zero-order valence-electron chi connectivity index (χ0n) is 6.75. The fourth-order valence-electron chi connectivity index (χ4n) is 1.53. The van der Waals surface area contributed by atoms with Crippen LogP contribution in [0.4, 0.5) is 5.69 Å². The summed E-state index contributed by atoms with van der Waals surface area (Å²) in [5, 5.41) is 4.47. The van der Waals surface area contributed by atoms with Gasteiger partial charge in [0.25, 0.3) is 0 Å².